The minimum atomic E-state index is 0.985. The molecular weight excluding hydrogens is 486 g/mol. The first-order valence-corrected chi connectivity index (χ1v) is 13.4. The summed E-state index contributed by atoms with van der Waals surface area (Å²) in [5.41, 5.74) is 8.74. The van der Waals surface area contributed by atoms with Crippen LogP contribution in [0, 0.1) is 0 Å². The van der Waals surface area contributed by atoms with Gasteiger partial charge in [-0.05, 0) is 57.1 Å². The molecule has 3 aromatic heterocycles. The summed E-state index contributed by atoms with van der Waals surface area (Å²) < 4.78 is 0. The highest BCUT2D eigenvalue weighted by Gasteiger charge is 2.16. The number of hydrogen-bond donors (Lipinski definition) is 0. The monoisotopic (exact) mass is 509 g/mol. The molecule has 0 saturated carbocycles. The van der Waals surface area contributed by atoms with E-state index < -0.39 is 0 Å². The molecule has 0 saturated heterocycles. The average molecular weight is 510 g/mol. The molecule has 3 heteroatoms. The summed E-state index contributed by atoms with van der Waals surface area (Å²) in [5.74, 6) is 0. The van der Waals surface area contributed by atoms with Gasteiger partial charge in [-0.2, -0.15) is 0 Å². The van der Waals surface area contributed by atoms with Gasteiger partial charge in [-0.3, -0.25) is 15.0 Å². The van der Waals surface area contributed by atoms with E-state index in [4.69, 9.17) is 4.98 Å². The van der Waals surface area contributed by atoms with Crippen molar-refractivity contribution in [2.24, 2.45) is 0 Å². The van der Waals surface area contributed by atoms with Crippen LogP contribution in [0.3, 0.4) is 0 Å². The molecule has 0 bridgehead atoms. The molecule has 0 fully saturated rings. The van der Waals surface area contributed by atoms with Crippen molar-refractivity contribution >= 4 is 43.4 Å². The molecule has 8 rings (SSSR count). The first-order chi connectivity index (χ1) is 19.9. The third kappa shape index (κ3) is 3.49. The number of rotatable bonds is 3. The normalized spacial score (nSPS) is 11.5. The lowest BCUT2D eigenvalue weighted by Crippen LogP contribution is -1.93. The fourth-order valence-corrected chi connectivity index (χ4v) is 6.04. The Labute approximate surface area is 231 Å². The van der Waals surface area contributed by atoms with E-state index in [-0.39, 0.29) is 0 Å². The van der Waals surface area contributed by atoms with Crippen LogP contribution in [0.25, 0.3) is 76.9 Å². The van der Waals surface area contributed by atoms with Crippen LogP contribution in [0.5, 0.6) is 0 Å². The number of fused-ring (bicyclic) bond motifs is 4. The molecule has 0 aliphatic carbocycles. The number of pyridine rings is 3. The number of hydrogen-bond acceptors (Lipinski definition) is 3. The second-order valence-corrected chi connectivity index (χ2v) is 10.0. The second kappa shape index (κ2) is 9.11. The van der Waals surface area contributed by atoms with Gasteiger partial charge in [0.25, 0.3) is 0 Å². The maximum absolute atomic E-state index is 5.13. The summed E-state index contributed by atoms with van der Waals surface area (Å²) in [6.45, 7) is 0. The Morgan fingerprint density at radius 3 is 1.43 bits per heavy atom. The van der Waals surface area contributed by atoms with Crippen molar-refractivity contribution in [3.05, 3.63) is 140 Å². The third-order valence-electron chi connectivity index (χ3n) is 7.85. The van der Waals surface area contributed by atoms with Crippen molar-refractivity contribution in [1.82, 2.24) is 15.0 Å². The zero-order chi connectivity index (χ0) is 26.5. The standard InChI is InChI=1S/C37H23N3/c1-2-10-26-24(9-1)29(25-13-5-17-35-30(25)15-7-21-38-35)19-20-33(26)37-32-12-4-3-11-28(32)34(23-40-37)27-14-6-18-36-31(27)16-8-22-39-36/h1-23H. The van der Waals surface area contributed by atoms with Crippen molar-refractivity contribution in [1.29, 1.82) is 0 Å². The maximum Gasteiger partial charge on any atom is 0.0787 e. The summed E-state index contributed by atoms with van der Waals surface area (Å²) >= 11 is 0. The van der Waals surface area contributed by atoms with Crippen LogP contribution in [-0.4, -0.2) is 15.0 Å². The highest BCUT2D eigenvalue weighted by Crippen LogP contribution is 2.41. The van der Waals surface area contributed by atoms with Gasteiger partial charge in [-0.15, -0.1) is 0 Å². The van der Waals surface area contributed by atoms with E-state index in [0.717, 1.165) is 49.6 Å². The number of nitrogens with zero attached hydrogens (tertiary/aromatic N) is 3. The lowest BCUT2D eigenvalue weighted by molar-refractivity contribution is 1.36. The summed E-state index contributed by atoms with van der Waals surface area (Å²) in [5, 5.41) is 6.97. The molecular formula is C37H23N3. The van der Waals surface area contributed by atoms with Crippen molar-refractivity contribution in [2.75, 3.05) is 0 Å². The SMILES string of the molecule is c1cc(-c2ccc(-c3ncc(-c4cccc5ncccc45)c4ccccc34)c3ccccc23)c2cccnc2c1. The van der Waals surface area contributed by atoms with E-state index in [1.54, 1.807) is 0 Å². The zero-order valence-electron chi connectivity index (χ0n) is 21.6. The third-order valence-corrected chi connectivity index (χ3v) is 7.85. The van der Waals surface area contributed by atoms with E-state index >= 15 is 0 Å². The van der Waals surface area contributed by atoms with Gasteiger partial charge in [0.15, 0.2) is 0 Å². The highest BCUT2D eigenvalue weighted by atomic mass is 14.7. The minimum absolute atomic E-state index is 0.985. The molecule has 0 aliphatic rings. The Bertz CT molecular complexity index is 2060. The Morgan fingerprint density at radius 2 is 0.775 bits per heavy atom. The molecule has 40 heavy (non-hydrogen) atoms. The van der Waals surface area contributed by atoms with Crippen LogP contribution in [0.2, 0.25) is 0 Å². The smallest absolute Gasteiger partial charge is 0.0787 e. The van der Waals surface area contributed by atoms with Crippen LogP contribution in [-0.2, 0) is 0 Å². The average Bonchev–Trinajstić information content (AvgIpc) is 3.03. The van der Waals surface area contributed by atoms with Crippen molar-refractivity contribution in [3.63, 3.8) is 0 Å². The molecule has 186 valence electrons. The van der Waals surface area contributed by atoms with Crippen LogP contribution in [0.15, 0.2) is 140 Å². The van der Waals surface area contributed by atoms with Crippen LogP contribution >= 0.6 is 0 Å². The Hall–Kier alpha value is -5.41. The van der Waals surface area contributed by atoms with Crippen LogP contribution in [0.4, 0.5) is 0 Å². The Morgan fingerprint density at radius 1 is 0.300 bits per heavy atom. The van der Waals surface area contributed by atoms with Crippen molar-refractivity contribution in [2.45, 2.75) is 0 Å². The molecule has 0 unspecified atom stereocenters. The quantitative estimate of drug-likeness (QED) is 0.238. The van der Waals surface area contributed by atoms with Gasteiger partial charge < -0.3 is 0 Å². The van der Waals surface area contributed by atoms with E-state index in [0.29, 0.717) is 0 Å². The first kappa shape index (κ1) is 22.6. The van der Waals surface area contributed by atoms with Crippen molar-refractivity contribution in [3.8, 4) is 33.5 Å². The molecule has 0 spiro atoms. The Kier molecular flexibility index (Phi) is 5.14. The molecule has 0 N–H and O–H groups in total. The van der Waals surface area contributed by atoms with Gasteiger partial charge in [0.1, 0.15) is 0 Å². The van der Waals surface area contributed by atoms with E-state index in [2.05, 4.69) is 119 Å². The van der Waals surface area contributed by atoms with Gasteiger partial charge in [0.2, 0.25) is 0 Å². The van der Waals surface area contributed by atoms with Crippen molar-refractivity contribution < 1.29 is 0 Å². The summed E-state index contributed by atoms with van der Waals surface area (Å²) in [6.07, 6.45) is 5.72. The number of benzene rings is 5. The number of aromatic nitrogens is 3. The molecule has 0 aliphatic heterocycles. The van der Waals surface area contributed by atoms with E-state index in [9.17, 15) is 0 Å². The summed E-state index contributed by atoms with van der Waals surface area (Å²) in [4.78, 5) is 14.3. The van der Waals surface area contributed by atoms with Gasteiger partial charge in [0.05, 0.1) is 16.7 Å². The fourth-order valence-electron chi connectivity index (χ4n) is 6.04. The lowest BCUT2D eigenvalue weighted by atomic mass is 9.90. The minimum Gasteiger partial charge on any atom is -0.256 e. The highest BCUT2D eigenvalue weighted by molar-refractivity contribution is 6.13. The topological polar surface area (TPSA) is 38.7 Å². The first-order valence-electron chi connectivity index (χ1n) is 13.4. The predicted octanol–water partition coefficient (Wildman–Crippen LogP) is 9.49. The maximum atomic E-state index is 5.13. The summed E-state index contributed by atoms with van der Waals surface area (Å²) in [6, 6.07) is 42.6. The molecule has 0 radical (unpaired) electrons. The van der Waals surface area contributed by atoms with E-state index in [1.165, 1.54) is 27.3 Å². The molecule has 8 aromatic rings. The van der Waals surface area contributed by atoms with Gasteiger partial charge >= 0.3 is 0 Å². The van der Waals surface area contributed by atoms with Gasteiger partial charge in [-0.25, -0.2) is 0 Å². The molecule has 3 heterocycles. The molecule has 3 nitrogen and oxygen atoms in total. The zero-order valence-corrected chi connectivity index (χ0v) is 21.6. The van der Waals surface area contributed by atoms with Gasteiger partial charge in [0, 0.05) is 45.9 Å². The fraction of sp³-hybridized carbons (Fsp3) is 0. The predicted molar refractivity (Wildman–Crippen MR) is 166 cm³/mol. The second-order valence-electron chi connectivity index (χ2n) is 10.0. The van der Waals surface area contributed by atoms with E-state index in [1.807, 2.05) is 30.7 Å². The summed E-state index contributed by atoms with van der Waals surface area (Å²) in [7, 11) is 0. The van der Waals surface area contributed by atoms with Gasteiger partial charge in [-0.1, -0.05) is 97.1 Å². The lowest BCUT2D eigenvalue weighted by Gasteiger charge is -2.16. The molecule has 0 amide bonds. The van der Waals surface area contributed by atoms with Crippen LogP contribution in [0.1, 0.15) is 0 Å². The molecule has 0 atom stereocenters. The van der Waals surface area contributed by atoms with Crippen LogP contribution < -0.4 is 0 Å². The Balaban J connectivity index is 1.37. The largest absolute Gasteiger partial charge is 0.256 e. The molecule has 5 aromatic carbocycles.